The molecule has 1 aliphatic rings. The summed E-state index contributed by atoms with van der Waals surface area (Å²) in [6.07, 6.45) is -5.84. The minimum Gasteiger partial charge on any atom is -0.475 e. The van der Waals surface area contributed by atoms with E-state index >= 15 is 0 Å². The summed E-state index contributed by atoms with van der Waals surface area (Å²) in [6, 6.07) is 13.1. The first kappa shape index (κ1) is 20.3. The number of fused-ring (bicyclic) bond motifs is 1. The SMILES string of the molecule is CCOC(=O)C1=Cc2cc(C)cc(CSc3ccccc3)c2OC1C(F)(F)F. The molecule has 0 fully saturated rings. The molecule has 0 amide bonds. The second-order valence-corrected chi connectivity index (χ2v) is 7.35. The number of thioether (sulfide) groups is 1. The first-order valence-electron chi connectivity index (χ1n) is 8.73. The Bertz CT molecular complexity index is 892. The second kappa shape index (κ2) is 8.31. The highest BCUT2D eigenvalue weighted by molar-refractivity contribution is 7.98. The minimum absolute atomic E-state index is 0.0135. The van der Waals surface area contributed by atoms with Crippen molar-refractivity contribution in [1.82, 2.24) is 0 Å². The third-order valence-electron chi connectivity index (χ3n) is 4.11. The quantitative estimate of drug-likeness (QED) is 0.480. The van der Waals surface area contributed by atoms with Gasteiger partial charge in [0, 0.05) is 21.8 Å². The lowest BCUT2D eigenvalue weighted by atomic mass is 9.97. The molecular weight excluding hydrogens is 389 g/mol. The van der Waals surface area contributed by atoms with Gasteiger partial charge in [-0.1, -0.05) is 24.3 Å². The van der Waals surface area contributed by atoms with Crippen LogP contribution in [0.4, 0.5) is 13.2 Å². The average molecular weight is 408 g/mol. The van der Waals surface area contributed by atoms with Gasteiger partial charge >= 0.3 is 12.1 Å². The standard InChI is InChI=1S/C21H19F3O3S/c1-3-26-20(25)17-11-14-9-13(2)10-15(12-28-16-7-5-4-6-8-16)18(14)27-19(17)21(22,23)24/h4-11,19H,3,12H2,1-2H3. The zero-order chi connectivity index (χ0) is 20.3. The zero-order valence-electron chi connectivity index (χ0n) is 15.4. The van der Waals surface area contributed by atoms with Crippen LogP contribution in [-0.4, -0.2) is 24.9 Å². The summed E-state index contributed by atoms with van der Waals surface area (Å²) in [5.74, 6) is -0.414. The molecule has 1 heterocycles. The number of benzene rings is 2. The molecule has 1 atom stereocenters. The van der Waals surface area contributed by atoms with Gasteiger partial charge in [0.15, 0.2) is 0 Å². The molecule has 148 valence electrons. The second-order valence-electron chi connectivity index (χ2n) is 6.30. The third kappa shape index (κ3) is 4.52. The van der Waals surface area contributed by atoms with E-state index in [1.807, 2.05) is 43.3 Å². The molecule has 7 heteroatoms. The van der Waals surface area contributed by atoms with Crippen molar-refractivity contribution >= 4 is 23.8 Å². The Hall–Kier alpha value is -2.41. The van der Waals surface area contributed by atoms with Crippen LogP contribution in [0.5, 0.6) is 5.75 Å². The minimum atomic E-state index is -4.73. The average Bonchev–Trinajstić information content (AvgIpc) is 2.65. The van der Waals surface area contributed by atoms with Crippen molar-refractivity contribution in [2.45, 2.75) is 36.8 Å². The molecule has 0 N–H and O–H groups in total. The predicted octanol–water partition coefficient (Wildman–Crippen LogP) is 5.56. The molecule has 3 rings (SSSR count). The monoisotopic (exact) mass is 408 g/mol. The van der Waals surface area contributed by atoms with Crippen molar-refractivity contribution in [2.24, 2.45) is 0 Å². The lowest BCUT2D eigenvalue weighted by Gasteiger charge is -2.29. The van der Waals surface area contributed by atoms with Crippen LogP contribution >= 0.6 is 11.8 Å². The van der Waals surface area contributed by atoms with Crippen LogP contribution in [0.25, 0.3) is 6.08 Å². The number of carbonyl (C=O) groups excluding carboxylic acids is 1. The molecule has 3 nitrogen and oxygen atoms in total. The van der Waals surface area contributed by atoms with Gasteiger partial charge in [-0.2, -0.15) is 13.2 Å². The van der Waals surface area contributed by atoms with Crippen molar-refractivity contribution in [3.63, 3.8) is 0 Å². The number of hydrogen-bond donors (Lipinski definition) is 0. The molecule has 0 saturated heterocycles. The van der Waals surface area contributed by atoms with Crippen LogP contribution in [-0.2, 0) is 15.3 Å². The Morgan fingerprint density at radius 1 is 1.21 bits per heavy atom. The van der Waals surface area contributed by atoms with Gasteiger partial charge in [-0.05, 0) is 43.7 Å². The van der Waals surface area contributed by atoms with Crippen LogP contribution < -0.4 is 4.74 Å². The summed E-state index contributed by atoms with van der Waals surface area (Å²) in [6.45, 7) is 3.38. The molecule has 1 unspecified atom stereocenters. The van der Waals surface area contributed by atoms with Crippen molar-refractivity contribution < 1.29 is 27.4 Å². The smallest absolute Gasteiger partial charge is 0.430 e. The number of esters is 1. The zero-order valence-corrected chi connectivity index (χ0v) is 16.2. The molecular formula is C21H19F3O3S. The molecule has 0 aliphatic carbocycles. The van der Waals surface area contributed by atoms with Crippen LogP contribution in [0.1, 0.15) is 23.6 Å². The van der Waals surface area contributed by atoms with Crippen molar-refractivity contribution in [3.05, 3.63) is 64.7 Å². The number of aryl methyl sites for hydroxylation is 1. The Balaban J connectivity index is 1.99. The Labute approximate surface area is 165 Å². The van der Waals surface area contributed by atoms with E-state index in [0.717, 1.165) is 10.5 Å². The van der Waals surface area contributed by atoms with Gasteiger partial charge in [-0.25, -0.2) is 4.79 Å². The predicted molar refractivity (Wildman–Crippen MR) is 102 cm³/mol. The lowest BCUT2D eigenvalue weighted by molar-refractivity contribution is -0.188. The van der Waals surface area contributed by atoms with Crippen LogP contribution in [0.15, 0.2) is 52.9 Å². The molecule has 0 radical (unpaired) electrons. The largest absolute Gasteiger partial charge is 0.475 e. The van der Waals surface area contributed by atoms with Gasteiger partial charge < -0.3 is 9.47 Å². The fourth-order valence-electron chi connectivity index (χ4n) is 2.96. The number of rotatable bonds is 5. The third-order valence-corrected chi connectivity index (χ3v) is 5.17. The van der Waals surface area contributed by atoms with Gasteiger partial charge in [0.25, 0.3) is 0 Å². The number of carbonyl (C=O) groups is 1. The maximum absolute atomic E-state index is 13.6. The van der Waals surface area contributed by atoms with Crippen molar-refractivity contribution in [3.8, 4) is 5.75 Å². The molecule has 2 aromatic rings. The summed E-state index contributed by atoms with van der Waals surface area (Å²) < 4.78 is 50.8. The van der Waals surface area contributed by atoms with Crippen molar-refractivity contribution in [2.75, 3.05) is 6.61 Å². The summed E-state index contributed by atoms with van der Waals surface area (Å²) in [7, 11) is 0. The molecule has 2 aromatic carbocycles. The summed E-state index contributed by atoms with van der Waals surface area (Å²) >= 11 is 1.51. The summed E-state index contributed by atoms with van der Waals surface area (Å²) in [5, 5.41) is 0. The highest BCUT2D eigenvalue weighted by atomic mass is 32.2. The molecule has 0 bridgehead atoms. The van der Waals surface area contributed by atoms with E-state index in [2.05, 4.69) is 0 Å². The van der Waals surface area contributed by atoms with E-state index < -0.39 is 23.8 Å². The maximum atomic E-state index is 13.6. The Morgan fingerprint density at radius 2 is 1.93 bits per heavy atom. The van der Waals surface area contributed by atoms with Gasteiger partial charge in [0.05, 0.1) is 12.2 Å². The highest BCUT2D eigenvalue weighted by Gasteiger charge is 2.49. The van der Waals surface area contributed by atoms with Gasteiger partial charge in [0.1, 0.15) is 5.75 Å². The number of halogens is 3. The van der Waals surface area contributed by atoms with Crippen LogP contribution in [0.2, 0.25) is 0 Å². The maximum Gasteiger partial charge on any atom is 0.430 e. The van der Waals surface area contributed by atoms with E-state index in [1.54, 1.807) is 13.0 Å². The highest BCUT2D eigenvalue weighted by Crippen LogP contribution is 2.41. The summed E-state index contributed by atoms with van der Waals surface area (Å²) in [4.78, 5) is 13.1. The number of alkyl halides is 3. The lowest BCUT2D eigenvalue weighted by Crippen LogP contribution is -2.41. The Morgan fingerprint density at radius 3 is 2.57 bits per heavy atom. The first-order chi connectivity index (χ1) is 13.3. The molecule has 1 aliphatic heterocycles. The molecule has 0 saturated carbocycles. The van der Waals surface area contributed by atoms with Gasteiger partial charge in [-0.15, -0.1) is 11.8 Å². The van der Waals surface area contributed by atoms with E-state index in [-0.39, 0.29) is 12.4 Å². The summed E-state index contributed by atoms with van der Waals surface area (Å²) in [5.41, 5.74) is 1.44. The number of hydrogen-bond acceptors (Lipinski definition) is 4. The fraction of sp³-hybridized carbons (Fsp3) is 0.286. The topological polar surface area (TPSA) is 35.5 Å². The van der Waals surface area contributed by atoms with Gasteiger partial charge in [0.2, 0.25) is 6.10 Å². The van der Waals surface area contributed by atoms with E-state index in [0.29, 0.717) is 16.9 Å². The Kier molecular flexibility index (Phi) is 6.03. The first-order valence-corrected chi connectivity index (χ1v) is 9.71. The molecule has 0 aromatic heterocycles. The van der Waals surface area contributed by atoms with Crippen LogP contribution in [0.3, 0.4) is 0 Å². The molecule has 0 spiro atoms. The van der Waals surface area contributed by atoms with E-state index in [4.69, 9.17) is 9.47 Å². The molecule has 28 heavy (non-hydrogen) atoms. The van der Waals surface area contributed by atoms with Gasteiger partial charge in [-0.3, -0.25) is 0 Å². The van der Waals surface area contributed by atoms with Crippen molar-refractivity contribution in [1.29, 1.82) is 0 Å². The van der Waals surface area contributed by atoms with Crippen LogP contribution in [0, 0.1) is 6.92 Å². The van der Waals surface area contributed by atoms with E-state index in [9.17, 15) is 18.0 Å². The number of ether oxygens (including phenoxy) is 2. The van der Waals surface area contributed by atoms with E-state index in [1.165, 1.54) is 17.8 Å². The normalized spacial score (nSPS) is 16.0. The fourth-order valence-corrected chi connectivity index (χ4v) is 3.85.